The number of aromatic nitrogens is 2. The smallest absolute Gasteiger partial charge is 0.270 e. The van der Waals surface area contributed by atoms with E-state index >= 15 is 0 Å². The SMILES string of the molecule is Cc1nn(C)c(C(=O)NC2CCCCC2C)c1Br. The lowest BCUT2D eigenvalue weighted by Gasteiger charge is -2.29. The second kappa shape index (κ2) is 5.43. The molecule has 1 aromatic rings. The van der Waals surface area contributed by atoms with Gasteiger partial charge < -0.3 is 5.32 Å². The van der Waals surface area contributed by atoms with E-state index in [1.807, 2.05) is 6.92 Å². The lowest BCUT2D eigenvalue weighted by atomic mass is 9.86. The lowest BCUT2D eigenvalue weighted by Crippen LogP contribution is -2.41. The van der Waals surface area contributed by atoms with Crippen molar-refractivity contribution in [2.45, 2.75) is 45.6 Å². The maximum atomic E-state index is 12.3. The van der Waals surface area contributed by atoms with E-state index in [-0.39, 0.29) is 5.91 Å². The highest BCUT2D eigenvalue weighted by atomic mass is 79.9. The molecule has 1 saturated carbocycles. The van der Waals surface area contributed by atoms with Crippen molar-refractivity contribution < 1.29 is 4.79 Å². The molecule has 0 radical (unpaired) electrons. The van der Waals surface area contributed by atoms with E-state index in [1.165, 1.54) is 19.3 Å². The molecule has 0 saturated heterocycles. The van der Waals surface area contributed by atoms with Gasteiger partial charge in [-0.15, -0.1) is 0 Å². The summed E-state index contributed by atoms with van der Waals surface area (Å²) in [6.07, 6.45) is 4.78. The van der Waals surface area contributed by atoms with Crippen LogP contribution in [0.2, 0.25) is 0 Å². The fourth-order valence-electron chi connectivity index (χ4n) is 2.65. The van der Waals surface area contributed by atoms with Gasteiger partial charge in [-0.05, 0) is 41.6 Å². The van der Waals surface area contributed by atoms with E-state index in [2.05, 4.69) is 33.3 Å². The molecule has 0 bridgehead atoms. The number of nitrogens with zero attached hydrogens (tertiary/aromatic N) is 2. The van der Waals surface area contributed by atoms with Gasteiger partial charge >= 0.3 is 0 Å². The van der Waals surface area contributed by atoms with Crippen molar-refractivity contribution >= 4 is 21.8 Å². The molecule has 1 fully saturated rings. The molecule has 1 aromatic heterocycles. The molecule has 2 rings (SSSR count). The Morgan fingerprint density at radius 1 is 1.44 bits per heavy atom. The molecule has 1 aliphatic carbocycles. The highest BCUT2D eigenvalue weighted by Crippen LogP contribution is 2.25. The van der Waals surface area contributed by atoms with Crippen LogP contribution in [0.5, 0.6) is 0 Å². The number of hydrogen-bond donors (Lipinski definition) is 1. The summed E-state index contributed by atoms with van der Waals surface area (Å²) in [5.41, 5.74) is 1.46. The standard InChI is InChI=1S/C13H20BrN3O/c1-8-6-4-5-7-10(8)15-13(18)12-11(14)9(2)16-17(12)3/h8,10H,4-7H2,1-3H3,(H,15,18). The number of hydrogen-bond acceptors (Lipinski definition) is 2. The summed E-state index contributed by atoms with van der Waals surface area (Å²) in [6, 6.07) is 0.299. The predicted molar refractivity (Wildman–Crippen MR) is 74.5 cm³/mol. The summed E-state index contributed by atoms with van der Waals surface area (Å²) in [5.74, 6) is 0.541. The second-order valence-corrected chi connectivity index (χ2v) is 6.01. The van der Waals surface area contributed by atoms with Gasteiger partial charge in [-0.3, -0.25) is 9.48 Å². The first-order chi connectivity index (χ1) is 8.50. The molecule has 1 amide bonds. The van der Waals surface area contributed by atoms with Gasteiger partial charge in [0.1, 0.15) is 5.69 Å². The topological polar surface area (TPSA) is 46.9 Å². The molecule has 2 atom stereocenters. The number of halogens is 1. The number of rotatable bonds is 2. The van der Waals surface area contributed by atoms with Gasteiger partial charge in [0, 0.05) is 13.1 Å². The van der Waals surface area contributed by atoms with E-state index in [9.17, 15) is 4.79 Å². The number of nitrogens with one attached hydrogen (secondary N) is 1. The predicted octanol–water partition coefficient (Wildman–Crippen LogP) is 2.80. The molecule has 0 aromatic carbocycles. The van der Waals surface area contributed by atoms with Crippen LogP contribution in [0.3, 0.4) is 0 Å². The van der Waals surface area contributed by atoms with E-state index < -0.39 is 0 Å². The van der Waals surface area contributed by atoms with Crippen LogP contribution in [0.25, 0.3) is 0 Å². The van der Waals surface area contributed by atoms with E-state index in [4.69, 9.17) is 0 Å². The van der Waals surface area contributed by atoms with Gasteiger partial charge in [0.15, 0.2) is 0 Å². The molecular formula is C13H20BrN3O. The van der Waals surface area contributed by atoms with Crippen LogP contribution in [0.4, 0.5) is 0 Å². The molecule has 5 heteroatoms. The van der Waals surface area contributed by atoms with Crippen molar-refractivity contribution in [1.29, 1.82) is 0 Å². The van der Waals surface area contributed by atoms with Crippen LogP contribution in [-0.4, -0.2) is 21.7 Å². The average Bonchev–Trinajstić information content (AvgIpc) is 2.56. The fourth-order valence-corrected chi connectivity index (χ4v) is 3.16. The Hall–Kier alpha value is -0.840. The van der Waals surface area contributed by atoms with E-state index in [1.54, 1.807) is 11.7 Å². The van der Waals surface area contributed by atoms with Crippen molar-refractivity contribution in [3.8, 4) is 0 Å². The number of carbonyl (C=O) groups excluding carboxylic acids is 1. The summed E-state index contributed by atoms with van der Waals surface area (Å²) in [7, 11) is 1.80. The van der Waals surface area contributed by atoms with Gasteiger partial charge in [-0.25, -0.2) is 0 Å². The van der Waals surface area contributed by atoms with Gasteiger partial charge in [0.2, 0.25) is 0 Å². The lowest BCUT2D eigenvalue weighted by molar-refractivity contribution is 0.0900. The molecular weight excluding hydrogens is 294 g/mol. The largest absolute Gasteiger partial charge is 0.348 e. The van der Waals surface area contributed by atoms with Crippen LogP contribution in [0.15, 0.2) is 4.47 Å². The van der Waals surface area contributed by atoms with Crippen molar-refractivity contribution in [2.24, 2.45) is 13.0 Å². The summed E-state index contributed by atoms with van der Waals surface area (Å²) in [5, 5.41) is 7.40. The normalized spacial score (nSPS) is 24.0. The van der Waals surface area contributed by atoms with Crippen LogP contribution >= 0.6 is 15.9 Å². The van der Waals surface area contributed by atoms with Gasteiger partial charge in [-0.2, -0.15) is 5.10 Å². The Bertz CT molecular complexity index is 455. The molecule has 2 unspecified atom stereocenters. The fraction of sp³-hybridized carbons (Fsp3) is 0.692. The first-order valence-corrected chi connectivity index (χ1v) is 7.30. The molecule has 18 heavy (non-hydrogen) atoms. The third kappa shape index (κ3) is 2.60. The minimum Gasteiger partial charge on any atom is -0.348 e. The zero-order chi connectivity index (χ0) is 13.3. The van der Waals surface area contributed by atoms with Crippen LogP contribution in [0.1, 0.15) is 48.8 Å². The minimum atomic E-state index is -0.0243. The van der Waals surface area contributed by atoms with Crippen LogP contribution in [-0.2, 0) is 7.05 Å². The molecule has 4 nitrogen and oxygen atoms in total. The number of carbonyl (C=O) groups is 1. The average molecular weight is 314 g/mol. The Morgan fingerprint density at radius 2 is 2.11 bits per heavy atom. The third-order valence-electron chi connectivity index (χ3n) is 3.79. The van der Waals surface area contributed by atoms with Crippen LogP contribution < -0.4 is 5.32 Å². The first kappa shape index (κ1) is 13.6. The van der Waals surface area contributed by atoms with Crippen molar-refractivity contribution in [2.75, 3.05) is 0 Å². The molecule has 100 valence electrons. The molecule has 1 aliphatic rings. The Balaban J connectivity index is 2.12. The van der Waals surface area contributed by atoms with E-state index in [0.29, 0.717) is 17.7 Å². The van der Waals surface area contributed by atoms with Gasteiger partial charge in [0.25, 0.3) is 5.91 Å². The minimum absolute atomic E-state index is 0.0243. The summed E-state index contributed by atoms with van der Waals surface area (Å²) < 4.78 is 2.44. The third-order valence-corrected chi connectivity index (χ3v) is 4.74. The molecule has 0 spiro atoms. The second-order valence-electron chi connectivity index (χ2n) is 5.21. The van der Waals surface area contributed by atoms with Crippen molar-refractivity contribution in [3.63, 3.8) is 0 Å². The Labute approximate surface area is 116 Å². The van der Waals surface area contributed by atoms with E-state index in [0.717, 1.165) is 16.6 Å². The Morgan fingerprint density at radius 3 is 2.67 bits per heavy atom. The van der Waals surface area contributed by atoms with Crippen molar-refractivity contribution in [1.82, 2.24) is 15.1 Å². The molecule has 1 heterocycles. The summed E-state index contributed by atoms with van der Waals surface area (Å²) in [4.78, 5) is 12.3. The number of amides is 1. The maximum Gasteiger partial charge on any atom is 0.270 e. The molecule has 1 N–H and O–H groups in total. The first-order valence-electron chi connectivity index (χ1n) is 6.50. The number of aryl methyl sites for hydroxylation is 2. The van der Waals surface area contributed by atoms with Crippen molar-refractivity contribution in [3.05, 3.63) is 15.9 Å². The Kier molecular flexibility index (Phi) is 4.10. The summed E-state index contributed by atoms with van der Waals surface area (Å²) in [6.45, 7) is 4.11. The summed E-state index contributed by atoms with van der Waals surface area (Å²) >= 11 is 3.44. The monoisotopic (exact) mass is 313 g/mol. The van der Waals surface area contributed by atoms with Gasteiger partial charge in [0.05, 0.1) is 10.2 Å². The van der Waals surface area contributed by atoms with Crippen LogP contribution in [0, 0.1) is 12.8 Å². The highest BCUT2D eigenvalue weighted by molar-refractivity contribution is 9.10. The maximum absolute atomic E-state index is 12.3. The highest BCUT2D eigenvalue weighted by Gasteiger charge is 2.26. The zero-order valence-electron chi connectivity index (χ0n) is 11.2. The zero-order valence-corrected chi connectivity index (χ0v) is 12.7. The molecule has 0 aliphatic heterocycles. The quantitative estimate of drug-likeness (QED) is 0.912. The van der Waals surface area contributed by atoms with Gasteiger partial charge in [-0.1, -0.05) is 19.8 Å².